The van der Waals surface area contributed by atoms with Crippen molar-refractivity contribution < 1.29 is 9.47 Å². The molecule has 1 aliphatic heterocycles. The van der Waals surface area contributed by atoms with E-state index < -0.39 is 11.2 Å². The highest BCUT2D eigenvalue weighted by atomic mass is 79.9. The largest absolute Gasteiger partial charge is 0.488 e. The molecular formula is C16H15BrN2O4. The third-order valence-electron chi connectivity index (χ3n) is 3.70. The first-order valence-corrected chi connectivity index (χ1v) is 7.79. The Hall–Kier alpha value is -2.28. The molecule has 1 aromatic carbocycles. The second-order valence-electron chi connectivity index (χ2n) is 5.14. The number of benzene rings is 1. The summed E-state index contributed by atoms with van der Waals surface area (Å²) in [6, 6.07) is 7.49. The van der Waals surface area contributed by atoms with Gasteiger partial charge in [-0.3, -0.25) is 13.9 Å². The predicted octanol–water partition coefficient (Wildman–Crippen LogP) is 1.70. The minimum absolute atomic E-state index is 0.183. The maximum Gasteiger partial charge on any atom is 0.331 e. The van der Waals surface area contributed by atoms with E-state index in [4.69, 9.17) is 9.47 Å². The minimum Gasteiger partial charge on any atom is -0.488 e. The molecule has 2 aromatic rings. The highest BCUT2D eigenvalue weighted by Crippen LogP contribution is 2.28. The third kappa shape index (κ3) is 2.72. The van der Waals surface area contributed by atoms with Gasteiger partial charge in [0.15, 0.2) is 0 Å². The lowest BCUT2D eigenvalue weighted by molar-refractivity contribution is 0.328. The number of hydrogen-bond donors (Lipinski definition) is 0. The maximum atomic E-state index is 12.2. The lowest BCUT2D eigenvalue weighted by Gasteiger charge is -2.21. The van der Waals surface area contributed by atoms with Crippen molar-refractivity contribution >= 4 is 21.5 Å². The molecule has 0 saturated carbocycles. The summed E-state index contributed by atoms with van der Waals surface area (Å²) in [4.78, 5) is 24.3. The van der Waals surface area contributed by atoms with Crippen molar-refractivity contribution in [2.45, 2.75) is 0 Å². The third-order valence-corrected chi connectivity index (χ3v) is 4.36. The van der Waals surface area contributed by atoms with Gasteiger partial charge in [0.1, 0.15) is 19.0 Å². The second-order valence-corrected chi connectivity index (χ2v) is 6.00. The van der Waals surface area contributed by atoms with Crippen molar-refractivity contribution in [1.29, 1.82) is 0 Å². The van der Waals surface area contributed by atoms with E-state index >= 15 is 0 Å². The smallest absolute Gasteiger partial charge is 0.331 e. The molecule has 23 heavy (non-hydrogen) atoms. The van der Waals surface area contributed by atoms with Crippen molar-refractivity contribution in [3.63, 3.8) is 0 Å². The van der Waals surface area contributed by atoms with Crippen LogP contribution in [-0.2, 0) is 14.1 Å². The van der Waals surface area contributed by atoms with Gasteiger partial charge in [0.25, 0.3) is 5.56 Å². The summed E-state index contributed by atoms with van der Waals surface area (Å²) in [6.45, 7) is 0.508. The van der Waals surface area contributed by atoms with E-state index in [1.807, 2.05) is 30.3 Å². The summed E-state index contributed by atoms with van der Waals surface area (Å²) in [6.07, 6.45) is 1.82. The fourth-order valence-corrected chi connectivity index (χ4v) is 2.87. The molecule has 7 heteroatoms. The van der Waals surface area contributed by atoms with Gasteiger partial charge in [-0.1, -0.05) is 12.1 Å². The number of aromatic nitrogens is 2. The fourth-order valence-electron chi connectivity index (χ4n) is 2.47. The number of para-hydroxylation sites is 1. The Bertz CT molecular complexity index is 911. The summed E-state index contributed by atoms with van der Waals surface area (Å²) in [7, 11) is 3.05. The first-order chi connectivity index (χ1) is 11.0. The van der Waals surface area contributed by atoms with Crippen LogP contribution in [0.3, 0.4) is 0 Å². The van der Waals surface area contributed by atoms with E-state index in [1.165, 1.54) is 11.6 Å². The van der Waals surface area contributed by atoms with Crippen molar-refractivity contribution in [1.82, 2.24) is 9.13 Å². The topological polar surface area (TPSA) is 62.5 Å². The van der Waals surface area contributed by atoms with Gasteiger partial charge in [-0.2, -0.15) is 0 Å². The zero-order chi connectivity index (χ0) is 16.6. The first-order valence-electron chi connectivity index (χ1n) is 7.00. The average molecular weight is 379 g/mol. The normalized spacial score (nSPS) is 13.1. The Kier molecular flexibility index (Phi) is 4.12. The van der Waals surface area contributed by atoms with E-state index in [9.17, 15) is 9.59 Å². The van der Waals surface area contributed by atoms with E-state index in [0.29, 0.717) is 11.4 Å². The van der Waals surface area contributed by atoms with E-state index in [1.54, 1.807) is 7.05 Å². The van der Waals surface area contributed by atoms with Crippen LogP contribution in [0.4, 0.5) is 0 Å². The quantitative estimate of drug-likeness (QED) is 0.815. The Morgan fingerprint density at radius 3 is 2.70 bits per heavy atom. The molecule has 0 N–H and O–H groups in total. The second kappa shape index (κ2) is 6.08. The summed E-state index contributed by atoms with van der Waals surface area (Å²) in [5, 5.41) is 0. The SMILES string of the molecule is Cn1c2c(c(=O)n(C)c1=O)OCC=C2COc1ccccc1Br. The van der Waals surface area contributed by atoms with E-state index in [2.05, 4.69) is 15.9 Å². The standard InChI is InChI=1S/C16H15BrN2O4/c1-18-13-10(9-23-12-6-4-3-5-11(12)17)7-8-22-14(13)15(20)19(2)16(18)21/h3-7H,8-9H2,1-2H3. The minimum atomic E-state index is -0.436. The molecule has 2 heterocycles. The monoisotopic (exact) mass is 378 g/mol. The van der Waals surface area contributed by atoms with Crippen LogP contribution in [0, 0.1) is 0 Å². The molecule has 0 spiro atoms. The molecule has 120 valence electrons. The van der Waals surface area contributed by atoms with Crippen LogP contribution >= 0.6 is 15.9 Å². The molecule has 0 radical (unpaired) electrons. The molecule has 0 amide bonds. The highest BCUT2D eigenvalue weighted by Gasteiger charge is 2.23. The van der Waals surface area contributed by atoms with Crippen LogP contribution in [0.5, 0.6) is 11.5 Å². The lowest BCUT2D eigenvalue weighted by Crippen LogP contribution is -2.40. The average Bonchev–Trinajstić information content (AvgIpc) is 2.57. The number of nitrogens with zero attached hydrogens (tertiary/aromatic N) is 2. The fraction of sp³-hybridized carbons (Fsp3) is 0.250. The molecule has 6 nitrogen and oxygen atoms in total. The predicted molar refractivity (Wildman–Crippen MR) is 90.0 cm³/mol. The molecule has 1 aliphatic rings. The van der Waals surface area contributed by atoms with Gasteiger partial charge < -0.3 is 9.47 Å². The van der Waals surface area contributed by atoms with Gasteiger partial charge in [-0.25, -0.2) is 4.79 Å². The van der Waals surface area contributed by atoms with Gasteiger partial charge >= 0.3 is 5.69 Å². The highest BCUT2D eigenvalue weighted by molar-refractivity contribution is 9.10. The van der Waals surface area contributed by atoms with Crippen molar-refractivity contribution in [2.75, 3.05) is 13.2 Å². The summed E-state index contributed by atoms with van der Waals surface area (Å²) in [5.41, 5.74) is 0.385. The van der Waals surface area contributed by atoms with Crippen molar-refractivity contribution in [3.8, 4) is 11.5 Å². The number of ether oxygens (including phenoxy) is 2. The van der Waals surface area contributed by atoms with E-state index in [0.717, 1.165) is 14.6 Å². The van der Waals surface area contributed by atoms with Crippen LogP contribution in [0.25, 0.3) is 5.57 Å². The number of fused-ring (bicyclic) bond motifs is 1. The summed E-state index contributed by atoms with van der Waals surface area (Å²) in [5.74, 6) is 0.873. The summed E-state index contributed by atoms with van der Waals surface area (Å²) < 4.78 is 14.5. The van der Waals surface area contributed by atoms with Gasteiger partial charge in [-0.15, -0.1) is 0 Å². The first kappa shape index (κ1) is 15.6. The van der Waals surface area contributed by atoms with Crippen LogP contribution < -0.4 is 20.7 Å². The molecule has 0 fully saturated rings. The van der Waals surface area contributed by atoms with Gasteiger partial charge in [0.2, 0.25) is 5.75 Å². The molecule has 3 rings (SSSR count). The zero-order valence-corrected chi connectivity index (χ0v) is 14.3. The molecule has 0 saturated heterocycles. The van der Waals surface area contributed by atoms with Crippen LogP contribution in [-0.4, -0.2) is 22.3 Å². The lowest BCUT2D eigenvalue weighted by atomic mass is 10.1. The molecule has 0 bridgehead atoms. The Morgan fingerprint density at radius 2 is 1.96 bits per heavy atom. The van der Waals surface area contributed by atoms with Crippen LogP contribution in [0.15, 0.2) is 44.4 Å². The van der Waals surface area contributed by atoms with Crippen LogP contribution in [0.1, 0.15) is 5.69 Å². The molecule has 1 aromatic heterocycles. The molecule has 0 aliphatic carbocycles. The Balaban J connectivity index is 1.99. The Morgan fingerprint density at radius 1 is 1.22 bits per heavy atom. The van der Waals surface area contributed by atoms with Gasteiger partial charge in [-0.05, 0) is 34.1 Å². The number of rotatable bonds is 3. The Labute approximate surface area is 140 Å². The van der Waals surface area contributed by atoms with Gasteiger partial charge in [0, 0.05) is 19.7 Å². The van der Waals surface area contributed by atoms with Crippen molar-refractivity contribution in [3.05, 3.63) is 61.3 Å². The van der Waals surface area contributed by atoms with E-state index in [-0.39, 0.29) is 19.0 Å². The van der Waals surface area contributed by atoms with Gasteiger partial charge in [0.05, 0.1) is 10.2 Å². The molecule has 0 unspecified atom stereocenters. The summed E-state index contributed by atoms with van der Waals surface area (Å²) >= 11 is 3.42. The zero-order valence-electron chi connectivity index (χ0n) is 12.7. The van der Waals surface area contributed by atoms with Crippen molar-refractivity contribution in [2.24, 2.45) is 14.1 Å². The molecule has 0 atom stereocenters. The number of halogens is 1. The number of hydrogen-bond acceptors (Lipinski definition) is 4. The van der Waals surface area contributed by atoms with Crippen LogP contribution in [0.2, 0.25) is 0 Å². The molecular weight excluding hydrogens is 364 g/mol. The maximum absolute atomic E-state index is 12.2.